The van der Waals surface area contributed by atoms with Crippen molar-refractivity contribution in [1.29, 1.82) is 0 Å². The lowest BCUT2D eigenvalue weighted by Gasteiger charge is -2.16. The number of hydrazine groups is 1. The first-order valence-corrected chi connectivity index (χ1v) is 6.40. The third-order valence-corrected chi connectivity index (χ3v) is 3.17. The maximum absolute atomic E-state index is 13.6. The smallest absolute Gasteiger partial charge is 0.165 e. The Labute approximate surface area is 117 Å². The van der Waals surface area contributed by atoms with Crippen LogP contribution in [0.1, 0.15) is 11.1 Å². The zero-order valence-electron chi connectivity index (χ0n) is 11.3. The summed E-state index contributed by atoms with van der Waals surface area (Å²) in [6.07, 6.45) is 4.89. The molecule has 3 N–H and O–H groups in total. The predicted octanol–water partition coefficient (Wildman–Crippen LogP) is 1.85. The second-order valence-corrected chi connectivity index (χ2v) is 4.60. The number of methoxy groups -OCH3 is 1. The van der Waals surface area contributed by atoms with Crippen LogP contribution in [0.4, 0.5) is 4.39 Å². The zero-order chi connectivity index (χ0) is 14.4. The molecule has 0 aliphatic carbocycles. The number of nitrogens with one attached hydrogen (secondary N) is 1. The minimum atomic E-state index is -0.357. The van der Waals surface area contributed by atoms with E-state index < -0.39 is 0 Å². The fourth-order valence-electron chi connectivity index (χ4n) is 2.11. The molecule has 0 radical (unpaired) electrons. The Morgan fingerprint density at radius 2 is 1.90 bits per heavy atom. The highest BCUT2D eigenvalue weighted by molar-refractivity contribution is 5.30. The molecule has 0 aliphatic rings. The standard InChI is InChI=1S/C15H18FN3O/c1-20-15-3-2-12(10-14(15)16)9-13(19-17)8-11-4-6-18-7-5-11/h2-7,10,13,19H,8-9,17H2,1H3. The maximum Gasteiger partial charge on any atom is 0.165 e. The molecule has 1 aromatic heterocycles. The Morgan fingerprint density at radius 3 is 2.50 bits per heavy atom. The SMILES string of the molecule is COc1ccc(CC(Cc2ccncc2)NN)cc1F. The molecule has 4 nitrogen and oxygen atoms in total. The number of aromatic nitrogens is 1. The largest absolute Gasteiger partial charge is 0.494 e. The van der Waals surface area contributed by atoms with E-state index in [0.29, 0.717) is 6.42 Å². The Balaban J connectivity index is 2.04. The summed E-state index contributed by atoms with van der Waals surface area (Å²) < 4.78 is 18.6. The van der Waals surface area contributed by atoms with Crippen LogP contribution >= 0.6 is 0 Å². The van der Waals surface area contributed by atoms with E-state index in [2.05, 4.69) is 10.4 Å². The van der Waals surface area contributed by atoms with E-state index in [1.165, 1.54) is 13.2 Å². The van der Waals surface area contributed by atoms with Gasteiger partial charge < -0.3 is 4.74 Å². The van der Waals surface area contributed by atoms with Crippen molar-refractivity contribution in [3.8, 4) is 5.75 Å². The molecule has 0 fully saturated rings. The van der Waals surface area contributed by atoms with Gasteiger partial charge in [0.2, 0.25) is 0 Å². The summed E-state index contributed by atoms with van der Waals surface area (Å²) in [5.41, 5.74) is 4.78. The first-order chi connectivity index (χ1) is 9.72. The first kappa shape index (κ1) is 14.4. The van der Waals surface area contributed by atoms with E-state index in [1.807, 2.05) is 18.2 Å². The number of nitrogens with zero attached hydrogens (tertiary/aromatic N) is 1. The van der Waals surface area contributed by atoms with Crippen molar-refractivity contribution in [3.63, 3.8) is 0 Å². The predicted molar refractivity (Wildman–Crippen MR) is 75.7 cm³/mol. The molecule has 0 bridgehead atoms. The lowest BCUT2D eigenvalue weighted by atomic mass is 10.00. The third-order valence-electron chi connectivity index (χ3n) is 3.17. The third kappa shape index (κ3) is 3.76. The molecule has 1 heterocycles. The molecule has 0 spiro atoms. The van der Waals surface area contributed by atoms with Gasteiger partial charge in [0.15, 0.2) is 11.6 Å². The second kappa shape index (κ2) is 6.98. The maximum atomic E-state index is 13.6. The van der Waals surface area contributed by atoms with Gasteiger partial charge >= 0.3 is 0 Å². The van der Waals surface area contributed by atoms with E-state index >= 15 is 0 Å². The summed E-state index contributed by atoms with van der Waals surface area (Å²) in [7, 11) is 1.45. The summed E-state index contributed by atoms with van der Waals surface area (Å²) in [4.78, 5) is 3.98. The van der Waals surface area contributed by atoms with E-state index in [-0.39, 0.29) is 17.6 Å². The van der Waals surface area contributed by atoms with Gasteiger partial charge in [0, 0.05) is 18.4 Å². The van der Waals surface area contributed by atoms with Gasteiger partial charge in [0.1, 0.15) is 0 Å². The van der Waals surface area contributed by atoms with Crippen LogP contribution < -0.4 is 16.0 Å². The molecule has 0 amide bonds. The molecule has 0 saturated carbocycles. The van der Waals surface area contributed by atoms with Crippen LogP contribution in [-0.4, -0.2) is 18.1 Å². The molecular formula is C15H18FN3O. The van der Waals surface area contributed by atoms with Crippen molar-refractivity contribution in [2.45, 2.75) is 18.9 Å². The van der Waals surface area contributed by atoms with Crippen molar-refractivity contribution < 1.29 is 9.13 Å². The number of halogens is 1. The lowest BCUT2D eigenvalue weighted by Crippen LogP contribution is -2.38. The van der Waals surface area contributed by atoms with Gasteiger partial charge in [0.25, 0.3) is 0 Å². The molecule has 5 heteroatoms. The molecule has 2 aromatic rings. The van der Waals surface area contributed by atoms with Crippen molar-refractivity contribution in [1.82, 2.24) is 10.4 Å². The van der Waals surface area contributed by atoms with Gasteiger partial charge in [-0.25, -0.2) is 4.39 Å². The minimum Gasteiger partial charge on any atom is -0.494 e. The number of hydrogen-bond acceptors (Lipinski definition) is 4. The van der Waals surface area contributed by atoms with Gasteiger partial charge in [-0.2, -0.15) is 0 Å². The van der Waals surface area contributed by atoms with Crippen LogP contribution in [0.3, 0.4) is 0 Å². The van der Waals surface area contributed by atoms with Gasteiger partial charge in [-0.05, 0) is 48.2 Å². The van der Waals surface area contributed by atoms with Crippen LogP contribution in [0, 0.1) is 5.82 Å². The highest BCUT2D eigenvalue weighted by atomic mass is 19.1. The molecule has 1 unspecified atom stereocenters. The van der Waals surface area contributed by atoms with Gasteiger partial charge in [0.05, 0.1) is 7.11 Å². The number of ether oxygens (including phenoxy) is 1. The Hall–Kier alpha value is -1.98. The molecule has 106 valence electrons. The van der Waals surface area contributed by atoms with Crippen LogP contribution in [0.25, 0.3) is 0 Å². The van der Waals surface area contributed by atoms with Crippen LogP contribution in [0.5, 0.6) is 5.75 Å². The number of nitrogens with two attached hydrogens (primary N) is 1. The Bertz CT molecular complexity index is 548. The monoisotopic (exact) mass is 275 g/mol. The number of pyridine rings is 1. The van der Waals surface area contributed by atoms with Crippen molar-refractivity contribution in [3.05, 3.63) is 59.7 Å². The quantitative estimate of drug-likeness (QED) is 0.624. The molecule has 1 aromatic carbocycles. The molecule has 2 rings (SSSR count). The summed E-state index contributed by atoms with van der Waals surface area (Å²) in [5.74, 6) is 5.47. The highest BCUT2D eigenvalue weighted by Gasteiger charge is 2.11. The Morgan fingerprint density at radius 1 is 1.20 bits per heavy atom. The molecule has 0 saturated heterocycles. The van der Waals surface area contributed by atoms with E-state index in [4.69, 9.17) is 10.6 Å². The Kier molecular flexibility index (Phi) is 5.03. The van der Waals surface area contributed by atoms with E-state index in [1.54, 1.807) is 18.5 Å². The van der Waals surface area contributed by atoms with E-state index in [0.717, 1.165) is 17.5 Å². The van der Waals surface area contributed by atoms with Crippen molar-refractivity contribution in [2.75, 3.05) is 7.11 Å². The molecular weight excluding hydrogens is 257 g/mol. The van der Waals surface area contributed by atoms with Crippen molar-refractivity contribution in [2.24, 2.45) is 5.84 Å². The fraction of sp³-hybridized carbons (Fsp3) is 0.267. The van der Waals surface area contributed by atoms with Gasteiger partial charge in [-0.3, -0.25) is 16.3 Å². The first-order valence-electron chi connectivity index (χ1n) is 6.40. The molecule has 20 heavy (non-hydrogen) atoms. The van der Waals surface area contributed by atoms with E-state index in [9.17, 15) is 4.39 Å². The summed E-state index contributed by atoms with van der Waals surface area (Å²) >= 11 is 0. The number of benzene rings is 1. The summed E-state index contributed by atoms with van der Waals surface area (Å²) in [6, 6.07) is 8.88. The topological polar surface area (TPSA) is 60.2 Å². The molecule has 0 aliphatic heterocycles. The summed E-state index contributed by atoms with van der Waals surface area (Å²) in [5, 5.41) is 0. The van der Waals surface area contributed by atoms with Crippen LogP contribution in [0.15, 0.2) is 42.7 Å². The summed E-state index contributed by atoms with van der Waals surface area (Å²) in [6.45, 7) is 0. The van der Waals surface area contributed by atoms with Crippen LogP contribution in [-0.2, 0) is 12.8 Å². The second-order valence-electron chi connectivity index (χ2n) is 4.60. The normalized spacial score (nSPS) is 12.2. The van der Waals surface area contributed by atoms with Crippen molar-refractivity contribution >= 4 is 0 Å². The molecule has 1 atom stereocenters. The average molecular weight is 275 g/mol. The fourth-order valence-corrected chi connectivity index (χ4v) is 2.11. The number of hydrogen-bond donors (Lipinski definition) is 2. The minimum absolute atomic E-state index is 0.0326. The number of rotatable bonds is 6. The van der Waals surface area contributed by atoms with Gasteiger partial charge in [-0.15, -0.1) is 0 Å². The van der Waals surface area contributed by atoms with Gasteiger partial charge in [-0.1, -0.05) is 6.07 Å². The zero-order valence-corrected chi connectivity index (χ0v) is 11.3. The average Bonchev–Trinajstić information content (AvgIpc) is 2.48. The highest BCUT2D eigenvalue weighted by Crippen LogP contribution is 2.19. The van der Waals surface area contributed by atoms with Crippen LogP contribution in [0.2, 0.25) is 0 Å². The lowest BCUT2D eigenvalue weighted by molar-refractivity contribution is 0.386.